The Morgan fingerprint density at radius 3 is 1.71 bits per heavy atom. The van der Waals surface area contributed by atoms with Crippen molar-refractivity contribution in [1.29, 1.82) is 0 Å². The van der Waals surface area contributed by atoms with Crippen LogP contribution in [0.5, 0.6) is 0 Å². The summed E-state index contributed by atoms with van der Waals surface area (Å²) < 4.78 is 10.2. The molecule has 3 amide bonds. The first kappa shape index (κ1) is 27.3. The van der Waals surface area contributed by atoms with Crippen LogP contribution in [0.1, 0.15) is 72.1 Å². The van der Waals surface area contributed by atoms with Crippen LogP contribution in [0.4, 0.5) is 4.79 Å². The molecule has 0 bridgehead atoms. The number of carbonyl (C=O) groups excluding carboxylic acids is 4. The van der Waals surface area contributed by atoms with E-state index in [1.165, 1.54) is 7.11 Å². The van der Waals surface area contributed by atoms with Crippen molar-refractivity contribution in [2.45, 2.75) is 77.7 Å². The summed E-state index contributed by atoms with van der Waals surface area (Å²) in [5.74, 6) is 0.737. The topological polar surface area (TPSA) is 96.5 Å². The molecule has 0 aromatic rings. The largest absolute Gasteiger partial charge is 0.469 e. The van der Waals surface area contributed by atoms with Gasteiger partial charge >= 0.3 is 12.1 Å². The van der Waals surface area contributed by atoms with E-state index in [2.05, 4.69) is 0 Å². The second-order valence-corrected chi connectivity index (χ2v) is 11.3. The van der Waals surface area contributed by atoms with Gasteiger partial charge in [0, 0.05) is 58.0 Å². The normalized spacial score (nSPS) is 21.1. The number of amides is 3. The molecule has 0 atom stereocenters. The van der Waals surface area contributed by atoms with Gasteiger partial charge in [0.15, 0.2) is 0 Å². The van der Waals surface area contributed by atoms with Crippen LogP contribution < -0.4 is 0 Å². The van der Waals surface area contributed by atoms with E-state index in [1.54, 1.807) is 4.90 Å². The van der Waals surface area contributed by atoms with Gasteiger partial charge in [-0.3, -0.25) is 14.4 Å². The smallest absolute Gasteiger partial charge is 0.410 e. The van der Waals surface area contributed by atoms with Gasteiger partial charge < -0.3 is 24.2 Å². The maximum absolute atomic E-state index is 13.0. The SMILES string of the molecule is COC(=O)CC1CCN(C(=O)C2CCN(C(=O)CC3CCN(C(=O)OC(C)(C)C)CC3)CC2)CC1. The number of hydrogen-bond acceptors (Lipinski definition) is 6. The summed E-state index contributed by atoms with van der Waals surface area (Å²) in [6.45, 7) is 9.49. The highest BCUT2D eigenvalue weighted by Crippen LogP contribution is 2.27. The maximum atomic E-state index is 13.0. The molecule has 0 saturated carbocycles. The summed E-state index contributed by atoms with van der Waals surface area (Å²) in [4.78, 5) is 55.2. The Kier molecular flexibility index (Phi) is 9.41. The monoisotopic (exact) mass is 493 g/mol. The first-order chi connectivity index (χ1) is 16.6. The number of nitrogens with zero attached hydrogens (tertiary/aromatic N) is 3. The Morgan fingerprint density at radius 1 is 0.714 bits per heavy atom. The zero-order chi connectivity index (χ0) is 25.6. The maximum Gasteiger partial charge on any atom is 0.410 e. The number of likely N-dealkylation sites (tertiary alicyclic amines) is 3. The van der Waals surface area contributed by atoms with Crippen LogP contribution >= 0.6 is 0 Å². The van der Waals surface area contributed by atoms with Crippen LogP contribution in [0.15, 0.2) is 0 Å². The number of hydrogen-bond donors (Lipinski definition) is 0. The minimum atomic E-state index is -0.502. The minimum Gasteiger partial charge on any atom is -0.469 e. The minimum absolute atomic E-state index is 0.0201. The van der Waals surface area contributed by atoms with E-state index in [0.29, 0.717) is 70.9 Å². The van der Waals surface area contributed by atoms with Crippen molar-refractivity contribution < 1.29 is 28.7 Å². The van der Waals surface area contributed by atoms with Gasteiger partial charge in [-0.05, 0) is 71.1 Å². The lowest BCUT2D eigenvalue weighted by atomic mass is 9.90. The average molecular weight is 494 g/mol. The number of esters is 1. The Hall–Kier alpha value is -2.32. The molecule has 0 unspecified atom stereocenters. The fraction of sp³-hybridized carbons (Fsp3) is 0.846. The molecule has 9 heteroatoms. The molecule has 0 aromatic heterocycles. The van der Waals surface area contributed by atoms with E-state index >= 15 is 0 Å². The first-order valence-corrected chi connectivity index (χ1v) is 13.2. The number of ether oxygens (including phenoxy) is 2. The Bertz CT molecular complexity index is 756. The third-order valence-corrected chi connectivity index (χ3v) is 7.54. The summed E-state index contributed by atoms with van der Waals surface area (Å²) in [5, 5.41) is 0. The molecule has 9 nitrogen and oxygen atoms in total. The van der Waals surface area contributed by atoms with E-state index in [4.69, 9.17) is 9.47 Å². The average Bonchev–Trinajstić information content (AvgIpc) is 2.83. The molecule has 0 radical (unpaired) electrons. The van der Waals surface area contributed by atoms with Gasteiger partial charge in [-0.1, -0.05) is 0 Å². The van der Waals surface area contributed by atoms with Gasteiger partial charge in [0.1, 0.15) is 5.60 Å². The Balaban J connectivity index is 1.35. The fourth-order valence-electron chi connectivity index (χ4n) is 5.33. The van der Waals surface area contributed by atoms with E-state index < -0.39 is 5.60 Å². The Labute approximate surface area is 209 Å². The van der Waals surface area contributed by atoms with E-state index in [-0.39, 0.29) is 35.7 Å². The van der Waals surface area contributed by atoms with Crippen LogP contribution in [-0.2, 0) is 23.9 Å². The van der Waals surface area contributed by atoms with Crippen molar-refractivity contribution in [2.24, 2.45) is 17.8 Å². The predicted octanol–water partition coefficient (Wildman–Crippen LogP) is 3.06. The molecule has 3 heterocycles. The lowest BCUT2D eigenvalue weighted by Crippen LogP contribution is -2.47. The molecule has 3 rings (SSSR count). The molecule has 35 heavy (non-hydrogen) atoms. The zero-order valence-electron chi connectivity index (χ0n) is 21.9. The lowest BCUT2D eigenvalue weighted by molar-refractivity contribution is -0.144. The number of carbonyl (C=O) groups is 4. The highest BCUT2D eigenvalue weighted by Gasteiger charge is 2.34. The molecule has 198 valence electrons. The summed E-state index contributed by atoms with van der Waals surface area (Å²) >= 11 is 0. The van der Waals surface area contributed by atoms with Crippen molar-refractivity contribution in [2.75, 3.05) is 46.4 Å². The van der Waals surface area contributed by atoms with Gasteiger partial charge in [-0.25, -0.2) is 4.79 Å². The molecule has 0 aromatic carbocycles. The van der Waals surface area contributed by atoms with E-state index in [0.717, 1.165) is 25.7 Å². The molecule has 0 aliphatic carbocycles. The standard InChI is InChI=1S/C26H43N3O6/c1-26(2,3)35-25(33)29-13-7-19(8-14-29)17-22(30)27-15-9-21(10-16-27)24(32)28-11-5-20(6-12-28)18-23(31)34-4/h19-21H,5-18H2,1-4H3. The van der Waals surface area contributed by atoms with Gasteiger partial charge in [0.25, 0.3) is 0 Å². The van der Waals surface area contributed by atoms with E-state index in [1.807, 2.05) is 30.6 Å². The summed E-state index contributed by atoms with van der Waals surface area (Å²) in [7, 11) is 1.41. The molecule has 3 aliphatic heterocycles. The Morgan fingerprint density at radius 2 is 1.20 bits per heavy atom. The molecule has 3 aliphatic rings. The van der Waals surface area contributed by atoms with Crippen LogP contribution in [0.25, 0.3) is 0 Å². The van der Waals surface area contributed by atoms with Crippen molar-refractivity contribution in [3.63, 3.8) is 0 Å². The molecule has 3 saturated heterocycles. The fourth-order valence-corrected chi connectivity index (χ4v) is 5.33. The van der Waals surface area contributed by atoms with Crippen molar-refractivity contribution in [1.82, 2.24) is 14.7 Å². The van der Waals surface area contributed by atoms with Crippen LogP contribution in [-0.4, -0.2) is 90.6 Å². The van der Waals surface area contributed by atoms with Gasteiger partial charge in [-0.15, -0.1) is 0 Å². The van der Waals surface area contributed by atoms with Gasteiger partial charge in [-0.2, -0.15) is 0 Å². The van der Waals surface area contributed by atoms with Crippen molar-refractivity contribution in [3.05, 3.63) is 0 Å². The van der Waals surface area contributed by atoms with Gasteiger partial charge in [0.2, 0.25) is 11.8 Å². The number of piperidine rings is 3. The third kappa shape index (κ3) is 8.10. The highest BCUT2D eigenvalue weighted by molar-refractivity contribution is 5.80. The number of rotatable bonds is 5. The van der Waals surface area contributed by atoms with Crippen LogP contribution in [0.2, 0.25) is 0 Å². The first-order valence-electron chi connectivity index (χ1n) is 13.2. The molecule has 0 spiro atoms. The molecule has 0 N–H and O–H groups in total. The summed E-state index contributed by atoms with van der Waals surface area (Å²) in [6.07, 6.45) is 5.39. The summed E-state index contributed by atoms with van der Waals surface area (Å²) in [6, 6.07) is 0. The number of methoxy groups -OCH3 is 1. The lowest BCUT2D eigenvalue weighted by Gasteiger charge is -2.38. The van der Waals surface area contributed by atoms with E-state index in [9.17, 15) is 19.2 Å². The molecular formula is C26H43N3O6. The predicted molar refractivity (Wildman–Crippen MR) is 130 cm³/mol. The van der Waals surface area contributed by atoms with Crippen molar-refractivity contribution >= 4 is 23.9 Å². The quantitative estimate of drug-likeness (QED) is 0.546. The molecular weight excluding hydrogens is 450 g/mol. The molecule has 3 fully saturated rings. The highest BCUT2D eigenvalue weighted by atomic mass is 16.6. The summed E-state index contributed by atoms with van der Waals surface area (Å²) in [5.41, 5.74) is -0.502. The van der Waals surface area contributed by atoms with Crippen LogP contribution in [0, 0.1) is 17.8 Å². The zero-order valence-corrected chi connectivity index (χ0v) is 21.9. The second kappa shape index (κ2) is 12.1. The third-order valence-electron chi connectivity index (χ3n) is 7.54. The van der Waals surface area contributed by atoms with Gasteiger partial charge in [0.05, 0.1) is 7.11 Å². The second-order valence-electron chi connectivity index (χ2n) is 11.3. The van der Waals surface area contributed by atoms with Crippen LogP contribution in [0.3, 0.4) is 0 Å². The van der Waals surface area contributed by atoms with Crippen molar-refractivity contribution in [3.8, 4) is 0 Å².